The maximum Gasteiger partial charge on any atom is 0.341 e. The van der Waals surface area contributed by atoms with Gasteiger partial charge in [0, 0.05) is 29.8 Å². The molecule has 0 radical (unpaired) electrons. The summed E-state index contributed by atoms with van der Waals surface area (Å²) < 4.78 is 26.8. The zero-order chi connectivity index (χ0) is 24.1. The number of rotatable bonds is 10. The predicted octanol–water partition coefficient (Wildman–Crippen LogP) is 2.06. The first-order chi connectivity index (χ1) is 15.7. The molecule has 1 aromatic heterocycles. The number of fused-ring (bicyclic) bond motifs is 1. The second kappa shape index (κ2) is 9.81. The molecule has 0 fully saturated rings. The minimum absolute atomic E-state index is 0.0521. The normalized spacial score (nSPS) is 10.7. The second-order valence-electron chi connectivity index (χ2n) is 6.95. The number of carbonyl (C=O) groups is 2. The maximum atomic E-state index is 14.6. The molecule has 0 atom stereocenters. The van der Waals surface area contributed by atoms with E-state index in [1.165, 1.54) is 10.6 Å². The smallest absolute Gasteiger partial charge is 0.341 e. The predicted molar refractivity (Wildman–Crippen MR) is 116 cm³/mol. The van der Waals surface area contributed by atoms with Crippen molar-refractivity contribution in [2.24, 2.45) is 5.73 Å². The number of nitrogens with two attached hydrogens (primary N) is 1. The number of aromatic carboxylic acids is 1. The quantitative estimate of drug-likeness (QED) is 0.204. The van der Waals surface area contributed by atoms with Crippen molar-refractivity contribution in [3.05, 3.63) is 69.8 Å². The fourth-order valence-electron chi connectivity index (χ4n) is 3.10. The zero-order valence-electron chi connectivity index (χ0n) is 17.2. The van der Waals surface area contributed by atoms with E-state index in [4.69, 9.17) is 25.7 Å². The number of amidine groups is 1. The Hall–Kier alpha value is -4.41. The van der Waals surface area contributed by atoms with Crippen LogP contribution in [0.5, 0.6) is 11.5 Å². The molecule has 1 heterocycles. The minimum Gasteiger partial charge on any atom is -0.490 e. The van der Waals surface area contributed by atoms with Gasteiger partial charge in [0.1, 0.15) is 30.4 Å². The van der Waals surface area contributed by atoms with Crippen LogP contribution in [-0.2, 0) is 11.3 Å². The Balaban J connectivity index is 1.80. The molecule has 0 aliphatic carbocycles. The van der Waals surface area contributed by atoms with Gasteiger partial charge in [0.15, 0.2) is 11.6 Å². The Bertz CT molecular complexity index is 1290. The first kappa shape index (κ1) is 23.3. The van der Waals surface area contributed by atoms with Crippen molar-refractivity contribution in [3.63, 3.8) is 0 Å². The highest BCUT2D eigenvalue weighted by Crippen LogP contribution is 2.24. The molecule has 172 valence electrons. The van der Waals surface area contributed by atoms with Crippen LogP contribution in [0.2, 0.25) is 0 Å². The van der Waals surface area contributed by atoms with Crippen LogP contribution in [0.15, 0.2) is 47.4 Å². The van der Waals surface area contributed by atoms with Crippen LogP contribution in [0.4, 0.5) is 4.39 Å². The van der Waals surface area contributed by atoms with Crippen LogP contribution < -0.4 is 20.6 Å². The Labute approximate surface area is 186 Å². The molecular weight excluding hydrogens is 437 g/mol. The number of nitrogens with one attached hydrogen (secondary N) is 1. The maximum absolute atomic E-state index is 14.6. The summed E-state index contributed by atoms with van der Waals surface area (Å²) in [6, 6.07) is 8.56. The number of aliphatic carboxylic acids is 1. The van der Waals surface area contributed by atoms with Crippen LogP contribution in [0.3, 0.4) is 0 Å². The van der Waals surface area contributed by atoms with Crippen LogP contribution in [-0.4, -0.2) is 45.8 Å². The number of carboxylic acids is 2. The van der Waals surface area contributed by atoms with E-state index in [1.807, 2.05) is 0 Å². The number of carboxylic acid groups (broad SMARTS) is 2. The second-order valence-corrected chi connectivity index (χ2v) is 6.95. The first-order valence-electron chi connectivity index (χ1n) is 9.69. The van der Waals surface area contributed by atoms with E-state index in [-0.39, 0.29) is 48.7 Å². The molecule has 5 N–H and O–H groups in total. The Morgan fingerprint density at radius 1 is 1.09 bits per heavy atom. The van der Waals surface area contributed by atoms with Crippen LogP contribution in [0, 0.1) is 11.2 Å². The van der Waals surface area contributed by atoms with Gasteiger partial charge in [-0.1, -0.05) is 0 Å². The largest absolute Gasteiger partial charge is 0.490 e. The van der Waals surface area contributed by atoms with Gasteiger partial charge in [-0.25, -0.2) is 9.18 Å². The van der Waals surface area contributed by atoms with E-state index in [2.05, 4.69) is 0 Å². The van der Waals surface area contributed by atoms with Crippen LogP contribution >= 0.6 is 0 Å². The van der Waals surface area contributed by atoms with Gasteiger partial charge in [0.05, 0.1) is 11.9 Å². The lowest BCUT2D eigenvalue weighted by molar-refractivity contribution is -0.137. The van der Waals surface area contributed by atoms with E-state index in [1.54, 1.807) is 24.3 Å². The van der Waals surface area contributed by atoms with Gasteiger partial charge in [-0.3, -0.25) is 15.0 Å². The molecule has 0 aliphatic heterocycles. The van der Waals surface area contributed by atoms with Gasteiger partial charge >= 0.3 is 11.9 Å². The average Bonchev–Trinajstić information content (AvgIpc) is 2.76. The number of aromatic nitrogens is 1. The number of halogens is 1. The van der Waals surface area contributed by atoms with Crippen LogP contribution in [0.25, 0.3) is 10.9 Å². The monoisotopic (exact) mass is 457 g/mol. The summed E-state index contributed by atoms with van der Waals surface area (Å²) in [6.45, 7) is -0.124. The highest BCUT2D eigenvalue weighted by molar-refractivity contribution is 5.95. The molecule has 33 heavy (non-hydrogen) atoms. The Morgan fingerprint density at radius 3 is 2.36 bits per heavy atom. The minimum atomic E-state index is -1.50. The van der Waals surface area contributed by atoms with Crippen molar-refractivity contribution in [2.45, 2.75) is 13.0 Å². The highest BCUT2D eigenvalue weighted by Gasteiger charge is 2.18. The zero-order valence-corrected chi connectivity index (χ0v) is 17.2. The SMILES string of the molecule is N=C(N)c1ccc(OCCOc2cc3c(cc2F)c(=O)c(C(=O)O)cn3CCC(=O)O)cc1. The number of ether oxygens (including phenoxy) is 2. The fraction of sp³-hybridized carbons (Fsp3) is 0.182. The van der Waals surface area contributed by atoms with E-state index in [0.717, 1.165) is 12.3 Å². The Morgan fingerprint density at radius 2 is 1.76 bits per heavy atom. The lowest BCUT2D eigenvalue weighted by Crippen LogP contribution is -2.20. The number of hydrogen-bond donors (Lipinski definition) is 4. The van der Waals surface area contributed by atoms with Gasteiger partial charge in [-0.05, 0) is 30.3 Å². The number of pyridine rings is 1. The molecule has 0 unspecified atom stereocenters. The lowest BCUT2D eigenvalue weighted by Gasteiger charge is -2.14. The summed E-state index contributed by atoms with van der Waals surface area (Å²) in [5.74, 6) is -3.28. The summed E-state index contributed by atoms with van der Waals surface area (Å²) in [5, 5.41) is 25.4. The van der Waals surface area contributed by atoms with E-state index < -0.39 is 28.7 Å². The number of aryl methyl sites for hydroxylation is 1. The highest BCUT2D eigenvalue weighted by atomic mass is 19.1. The molecule has 10 nitrogen and oxygen atoms in total. The molecule has 2 aromatic carbocycles. The molecule has 0 amide bonds. The first-order valence-corrected chi connectivity index (χ1v) is 9.69. The molecule has 0 aliphatic rings. The van der Waals surface area contributed by atoms with E-state index >= 15 is 0 Å². The van der Waals surface area contributed by atoms with Crippen molar-refractivity contribution in [1.29, 1.82) is 5.41 Å². The molecule has 3 aromatic rings. The lowest BCUT2D eigenvalue weighted by atomic mass is 10.1. The number of hydrogen-bond acceptors (Lipinski definition) is 6. The standard InChI is InChI=1S/C22H20FN3O7/c23-16-9-14-17(26(6-5-19(27)28)11-15(20(14)29)22(30)31)10-18(16)33-8-7-32-13-3-1-12(2-4-13)21(24)25/h1-4,9-11H,5-8H2,(H3,24,25)(H,27,28)(H,30,31). The summed E-state index contributed by atoms with van der Waals surface area (Å²) >= 11 is 0. The van der Waals surface area contributed by atoms with Crippen molar-refractivity contribution in [1.82, 2.24) is 4.57 Å². The van der Waals surface area contributed by atoms with Gasteiger partial charge < -0.3 is 30.0 Å². The van der Waals surface area contributed by atoms with Gasteiger partial charge in [0.2, 0.25) is 5.43 Å². The van der Waals surface area contributed by atoms with E-state index in [0.29, 0.717) is 11.3 Å². The number of benzene rings is 2. The topological polar surface area (TPSA) is 165 Å². The third-order valence-corrected chi connectivity index (χ3v) is 4.71. The van der Waals surface area contributed by atoms with Crippen molar-refractivity contribution in [3.8, 4) is 11.5 Å². The molecule has 0 saturated heterocycles. The molecule has 11 heteroatoms. The molecular formula is C22H20FN3O7. The summed E-state index contributed by atoms with van der Waals surface area (Å²) in [4.78, 5) is 34.8. The molecule has 0 spiro atoms. The third kappa shape index (κ3) is 5.45. The molecule has 3 rings (SSSR count). The summed E-state index contributed by atoms with van der Waals surface area (Å²) in [5.41, 5.74) is 4.59. The van der Waals surface area contributed by atoms with E-state index in [9.17, 15) is 23.9 Å². The Kier molecular flexibility index (Phi) is 6.91. The van der Waals surface area contributed by atoms with Gasteiger partial charge in [-0.15, -0.1) is 0 Å². The van der Waals surface area contributed by atoms with Gasteiger partial charge in [0.25, 0.3) is 0 Å². The molecule has 0 saturated carbocycles. The summed E-state index contributed by atoms with van der Waals surface area (Å²) in [6.07, 6.45) is 0.701. The molecule has 0 bridgehead atoms. The van der Waals surface area contributed by atoms with Gasteiger partial charge in [-0.2, -0.15) is 0 Å². The van der Waals surface area contributed by atoms with Crippen LogP contribution in [0.1, 0.15) is 22.3 Å². The van der Waals surface area contributed by atoms with Crippen molar-refractivity contribution >= 4 is 28.7 Å². The number of nitrogen functional groups attached to an aromatic ring is 1. The average molecular weight is 457 g/mol. The van der Waals surface area contributed by atoms with Crippen molar-refractivity contribution < 1.29 is 33.7 Å². The van der Waals surface area contributed by atoms with Crippen molar-refractivity contribution in [2.75, 3.05) is 13.2 Å². The number of nitrogens with zero attached hydrogens (tertiary/aromatic N) is 1. The third-order valence-electron chi connectivity index (χ3n) is 4.71. The summed E-state index contributed by atoms with van der Waals surface area (Å²) in [7, 11) is 0. The fourth-order valence-corrected chi connectivity index (χ4v) is 3.10.